The van der Waals surface area contributed by atoms with Crippen LogP contribution in [0, 0.1) is 0 Å². The Morgan fingerprint density at radius 3 is 2.75 bits per heavy atom. The molecule has 0 aliphatic rings. The molecule has 2 rings (SSSR count). The molecule has 0 spiro atoms. The summed E-state index contributed by atoms with van der Waals surface area (Å²) < 4.78 is 3.66. The van der Waals surface area contributed by atoms with E-state index in [1.165, 1.54) is 5.69 Å². The van der Waals surface area contributed by atoms with Crippen molar-refractivity contribution < 1.29 is 0 Å². The van der Waals surface area contributed by atoms with Gasteiger partial charge in [-0.2, -0.15) is 10.2 Å². The van der Waals surface area contributed by atoms with Gasteiger partial charge in [-0.05, 0) is 18.9 Å². The van der Waals surface area contributed by atoms with Crippen molar-refractivity contribution in [3.8, 4) is 0 Å². The number of nitrogens with zero attached hydrogens (tertiary/aromatic N) is 4. The Morgan fingerprint density at radius 2 is 2.19 bits per heavy atom. The SMILES string of the molecule is Cn1cc(C(N)CCc2ccnn2C)cn1. The molecule has 0 radical (unpaired) electrons. The normalized spacial score (nSPS) is 12.9. The second-order valence-corrected chi connectivity index (χ2v) is 4.04. The van der Waals surface area contributed by atoms with Crippen LogP contribution in [-0.4, -0.2) is 19.6 Å². The zero-order chi connectivity index (χ0) is 11.5. The molecular formula is C11H17N5. The fourth-order valence-electron chi connectivity index (χ4n) is 1.75. The number of aromatic nitrogens is 4. The molecule has 2 aromatic heterocycles. The van der Waals surface area contributed by atoms with Crippen LogP contribution in [-0.2, 0) is 20.5 Å². The predicted molar refractivity (Wildman–Crippen MR) is 61.7 cm³/mol. The first-order valence-electron chi connectivity index (χ1n) is 5.38. The number of hydrogen-bond acceptors (Lipinski definition) is 3. The molecule has 0 amide bonds. The molecule has 0 aliphatic heterocycles. The first-order chi connectivity index (χ1) is 7.66. The minimum Gasteiger partial charge on any atom is -0.324 e. The van der Waals surface area contributed by atoms with Crippen LogP contribution < -0.4 is 5.73 Å². The lowest BCUT2D eigenvalue weighted by molar-refractivity contribution is 0.613. The predicted octanol–water partition coefficient (Wildman–Crippen LogP) is 0.786. The molecule has 0 aliphatic carbocycles. The van der Waals surface area contributed by atoms with Gasteiger partial charge in [0.2, 0.25) is 0 Å². The topological polar surface area (TPSA) is 61.7 Å². The smallest absolute Gasteiger partial charge is 0.0537 e. The lowest BCUT2D eigenvalue weighted by Gasteiger charge is -2.09. The summed E-state index contributed by atoms with van der Waals surface area (Å²) in [6.45, 7) is 0. The van der Waals surface area contributed by atoms with Crippen LogP contribution >= 0.6 is 0 Å². The summed E-state index contributed by atoms with van der Waals surface area (Å²) in [7, 11) is 3.85. The van der Waals surface area contributed by atoms with E-state index in [1.807, 2.05) is 43.4 Å². The van der Waals surface area contributed by atoms with Crippen molar-refractivity contribution in [1.82, 2.24) is 19.6 Å². The van der Waals surface area contributed by atoms with Crippen molar-refractivity contribution >= 4 is 0 Å². The number of rotatable bonds is 4. The van der Waals surface area contributed by atoms with Crippen LogP contribution in [0.15, 0.2) is 24.7 Å². The Morgan fingerprint density at radius 1 is 1.38 bits per heavy atom. The number of hydrogen-bond donors (Lipinski definition) is 1. The summed E-state index contributed by atoms with van der Waals surface area (Å²) in [5, 5.41) is 8.25. The molecule has 1 atom stereocenters. The summed E-state index contributed by atoms with van der Waals surface area (Å²) >= 11 is 0. The third kappa shape index (κ3) is 2.30. The Labute approximate surface area is 94.9 Å². The highest BCUT2D eigenvalue weighted by Gasteiger charge is 2.09. The first-order valence-corrected chi connectivity index (χ1v) is 5.38. The van der Waals surface area contributed by atoms with E-state index in [0.29, 0.717) is 0 Å². The molecule has 0 bridgehead atoms. The maximum Gasteiger partial charge on any atom is 0.0537 e. The van der Waals surface area contributed by atoms with Crippen LogP contribution in [0.25, 0.3) is 0 Å². The van der Waals surface area contributed by atoms with Gasteiger partial charge in [-0.1, -0.05) is 0 Å². The molecule has 2 heterocycles. The largest absolute Gasteiger partial charge is 0.324 e. The average molecular weight is 219 g/mol. The van der Waals surface area contributed by atoms with E-state index in [1.54, 1.807) is 4.68 Å². The zero-order valence-corrected chi connectivity index (χ0v) is 9.67. The molecule has 86 valence electrons. The zero-order valence-electron chi connectivity index (χ0n) is 9.67. The quantitative estimate of drug-likeness (QED) is 0.826. The molecule has 5 nitrogen and oxygen atoms in total. The second-order valence-electron chi connectivity index (χ2n) is 4.04. The van der Waals surface area contributed by atoms with Gasteiger partial charge in [0.05, 0.1) is 6.20 Å². The standard InChI is InChI=1S/C11H17N5/c1-15-8-9(7-14-15)11(12)4-3-10-5-6-13-16(10)2/h5-8,11H,3-4,12H2,1-2H3. The number of nitrogens with two attached hydrogens (primary N) is 1. The van der Waals surface area contributed by atoms with E-state index in [-0.39, 0.29) is 6.04 Å². The van der Waals surface area contributed by atoms with E-state index in [9.17, 15) is 0 Å². The van der Waals surface area contributed by atoms with Crippen molar-refractivity contribution in [2.75, 3.05) is 0 Å². The summed E-state index contributed by atoms with van der Waals surface area (Å²) in [6, 6.07) is 2.07. The van der Waals surface area contributed by atoms with Crippen LogP contribution in [0.1, 0.15) is 23.7 Å². The third-order valence-corrected chi connectivity index (χ3v) is 2.79. The van der Waals surface area contributed by atoms with Gasteiger partial charge in [0.1, 0.15) is 0 Å². The molecule has 16 heavy (non-hydrogen) atoms. The van der Waals surface area contributed by atoms with Crippen molar-refractivity contribution in [2.45, 2.75) is 18.9 Å². The Balaban J connectivity index is 1.93. The van der Waals surface area contributed by atoms with E-state index >= 15 is 0 Å². The Hall–Kier alpha value is -1.62. The maximum atomic E-state index is 6.09. The summed E-state index contributed by atoms with van der Waals surface area (Å²) in [4.78, 5) is 0. The lowest BCUT2D eigenvalue weighted by atomic mass is 10.1. The van der Waals surface area contributed by atoms with Crippen molar-refractivity contribution in [2.24, 2.45) is 19.8 Å². The highest BCUT2D eigenvalue weighted by Crippen LogP contribution is 2.15. The summed E-state index contributed by atoms with van der Waals surface area (Å²) in [5.74, 6) is 0. The highest BCUT2D eigenvalue weighted by molar-refractivity contribution is 5.10. The van der Waals surface area contributed by atoms with Crippen LogP contribution in [0.5, 0.6) is 0 Å². The lowest BCUT2D eigenvalue weighted by Crippen LogP contribution is -2.11. The molecule has 2 N–H and O–H groups in total. The van der Waals surface area contributed by atoms with Gasteiger partial charge in [0.25, 0.3) is 0 Å². The minimum atomic E-state index is 0.0450. The average Bonchev–Trinajstić information content (AvgIpc) is 2.84. The third-order valence-electron chi connectivity index (χ3n) is 2.79. The van der Waals surface area contributed by atoms with Crippen molar-refractivity contribution in [3.63, 3.8) is 0 Å². The van der Waals surface area contributed by atoms with Crippen LogP contribution in [0.4, 0.5) is 0 Å². The molecular weight excluding hydrogens is 202 g/mol. The first kappa shape index (κ1) is 10.9. The van der Waals surface area contributed by atoms with Crippen molar-refractivity contribution in [3.05, 3.63) is 35.9 Å². The van der Waals surface area contributed by atoms with Crippen LogP contribution in [0.2, 0.25) is 0 Å². The minimum absolute atomic E-state index is 0.0450. The van der Waals surface area contributed by atoms with Gasteiger partial charge in [-0.25, -0.2) is 0 Å². The molecule has 0 saturated heterocycles. The summed E-state index contributed by atoms with van der Waals surface area (Å²) in [6.07, 6.45) is 7.45. The van der Waals surface area contributed by atoms with Gasteiger partial charge in [0, 0.05) is 43.8 Å². The van der Waals surface area contributed by atoms with Crippen molar-refractivity contribution in [1.29, 1.82) is 0 Å². The van der Waals surface area contributed by atoms with Gasteiger partial charge >= 0.3 is 0 Å². The van der Waals surface area contributed by atoms with Crippen LogP contribution in [0.3, 0.4) is 0 Å². The van der Waals surface area contributed by atoms with E-state index in [4.69, 9.17) is 5.73 Å². The fraction of sp³-hybridized carbons (Fsp3) is 0.455. The molecule has 5 heteroatoms. The number of aryl methyl sites for hydroxylation is 3. The molecule has 0 fully saturated rings. The van der Waals surface area contributed by atoms with E-state index in [0.717, 1.165) is 18.4 Å². The van der Waals surface area contributed by atoms with E-state index in [2.05, 4.69) is 10.2 Å². The second kappa shape index (κ2) is 4.49. The maximum absolute atomic E-state index is 6.09. The Kier molecular flexibility index (Phi) is 3.05. The summed E-state index contributed by atoms with van der Waals surface area (Å²) in [5.41, 5.74) is 8.39. The van der Waals surface area contributed by atoms with E-state index < -0.39 is 0 Å². The Bertz CT molecular complexity index is 456. The highest BCUT2D eigenvalue weighted by atomic mass is 15.3. The van der Waals surface area contributed by atoms with Gasteiger partial charge in [-0.3, -0.25) is 9.36 Å². The van der Waals surface area contributed by atoms with Gasteiger partial charge < -0.3 is 5.73 Å². The molecule has 0 saturated carbocycles. The monoisotopic (exact) mass is 219 g/mol. The van der Waals surface area contributed by atoms with Gasteiger partial charge in [-0.15, -0.1) is 0 Å². The fourth-order valence-corrected chi connectivity index (χ4v) is 1.75. The molecule has 2 aromatic rings. The molecule has 1 unspecified atom stereocenters. The van der Waals surface area contributed by atoms with Gasteiger partial charge in [0.15, 0.2) is 0 Å². The molecule has 0 aromatic carbocycles.